The van der Waals surface area contributed by atoms with Crippen LogP contribution in [0.4, 0.5) is 4.39 Å². The number of nitrogens with zero attached hydrogens (tertiary/aromatic N) is 1. The monoisotopic (exact) mass is 463 g/mol. The summed E-state index contributed by atoms with van der Waals surface area (Å²) in [5.41, 5.74) is 3.98. The Labute approximate surface area is 206 Å². The van der Waals surface area contributed by atoms with Crippen LogP contribution in [0.15, 0.2) is 30.3 Å². The fraction of sp³-hybridized carbons (Fsp3) is 0.581. The van der Waals surface area contributed by atoms with Crippen molar-refractivity contribution in [1.29, 1.82) is 5.26 Å². The highest BCUT2D eigenvalue weighted by Gasteiger charge is 2.24. The summed E-state index contributed by atoms with van der Waals surface area (Å²) in [4.78, 5) is 0. The van der Waals surface area contributed by atoms with Gasteiger partial charge in [0.1, 0.15) is 0 Å². The molecular weight excluding hydrogens is 421 g/mol. The van der Waals surface area contributed by atoms with Crippen LogP contribution in [0.3, 0.4) is 0 Å². The Morgan fingerprint density at radius 3 is 2.29 bits per heavy atom. The molecule has 0 heterocycles. The average molecular weight is 464 g/mol. The van der Waals surface area contributed by atoms with Crippen LogP contribution in [-0.2, 0) is 6.42 Å². The Balaban J connectivity index is 1.76. The third-order valence-corrected chi connectivity index (χ3v) is 7.67. The zero-order valence-electron chi connectivity index (χ0n) is 21.5. The van der Waals surface area contributed by atoms with Gasteiger partial charge in [-0.3, -0.25) is 0 Å². The summed E-state index contributed by atoms with van der Waals surface area (Å²) in [6, 6.07) is 12.4. The molecule has 0 radical (unpaired) electrons. The molecule has 0 bridgehead atoms. The lowest BCUT2D eigenvalue weighted by molar-refractivity contribution is 0.304. The Morgan fingerprint density at radius 2 is 1.62 bits per heavy atom. The molecule has 0 N–H and O–H groups in total. The lowest BCUT2D eigenvalue weighted by Crippen LogP contribution is -2.13. The van der Waals surface area contributed by atoms with Crippen molar-refractivity contribution in [2.24, 2.45) is 5.92 Å². The molecule has 34 heavy (non-hydrogen) atoms. The fourth-order valence-electron chi connectivity index (χ4n) is 5.54. The van der Waals surface area contributed by atoms with Crippen LogP contribution in [0.2, 0.25) is 0 Å². The van der Waals surface area contributed by atoms with Gasteiger partial charge in [0.05, 0.1) is 18.7 Å². The molecular formula is C31H42FNO. The number of methoxy groups -OCH3 is 1. The Hall–Kier alpha value is -2.34. The van der Waals surface area contributed by atoms with Gasteiger partial charge in [0.2, 0.25) is 0 Å². The van der Waals surface area contributed by atoms with E-state index in [1.54, 1.807) is 0 Å². The minimum absolute atomic E-state index is 0.256. The van der Waals surface area contributed by atoms with Crippen LogP contribution < -0.4 is 4.74 Å². The highest BCUT2D eigenvalue weighted by atomic mass is 19.1. The first-order valence-corrected chi connectivity index (χ1v) is 13.5. The third kappa shape index (κ3) is 6.62. The normalized spacial score (nSPS) is 18.0. The topological polar surface area (TPSA) is 33.0 Å². The van der Waals surface area contributed by atoms with Gasteiger partial charge in [0, 0.05) is 11.1 Å². The maximum absolute atomic E-state index is 15.3. The second kappa shape index (κ2) is 13.5. The molecule has 2 aromatic carbocycles. The summed E-state index contributed by atoms with van der Waals surface area (Å²) < 4.78 is 20.8. The van der Waals surface area contributed by atoms with Gasteiger partial charge in [0.25, 0.3) is 0 Å². The number of halogens is 1. The van der Waals surface area contributed by atoms with E-state index in [0.717, 1.165) is 30.7 Å². The number of ether oxygens (including phenoxy) is 1. The van der Waals surface area contributed by atoms with Gasteiger partial charge in [-0.05, 0) is 67.6 Å². The number of rotatable bonds is 12. The van der Waals surface area contributed by atoms with E-state index in [9.17, 15) is 5.26 Å². The van der Waals surface area contributed by atoms with Crippen molar-refractivity contribution in [2.45, 2.75) is 103 Å². The molecule has 0 aromatic heterocycles. The van der Waals surface area contributed by atoms with Gasteiger partial charge < -0.3 is 4.74 Å². The Bertz CT molecular complexity index is 953. The summed E-state index contributed by atoms with van der Waals surface area (Å²) >= 11 is 0. The standard InChI is InChI=1S/C31H42FNO/c1-4-6-8-9-10-12-25-17-20-29(31(34-3)30(25)32)28-19-18-26(21-27(28)22-33)24-15-13-23(14-16-24)11-7-5-2/h17-21,23-24H,4-16H2,1-3H3. The lowest BCUT2D eigenvalue weighted by Gasteiger charge is -2.29. The molecule has 1 fully saturated rings. The minimum atomic E-state index is -0.283. The number of unbranched alkanes of at least 4 members (excludes halogenated alkanes) is 5. The maximum Gasteiger partial charge on any atom is 0.168 e. The van der Waals surface area contributed by atoms with Crippen LogP contribution >= 0.6 is 0 Å². The molecule has 0 aliphatic heterocycles. The zero-order chi connectivity index (χ0) is 24.3. The van der Waals surface area contributed by atoms with Crippen molar-refractivity contribution >= 4 is 0 Å². The van der Waals surface area contributed by atoms with E-state index in [1.165, 1.54) is 76.9 Å². The highest BCUT2D eigenvalue weighted by Crippen LogP contribution is 2.41. The van der Waals surface area contributed by atoms with E-state index in [-0.39, 0.29) is 11.6 Å². The van der Waals surface area contributed by atoms with Crippen LogP contribution in [0.5, 0.6) is 5.75 Å². The molecule has 1 aliphatic carbocycles. The summed E-state index contributed by atoms with van der Waals surface area (Å²) in [6.07, 6.45) is 15.4. The van der Waals surface area contributed by atoms with Gasteiger partial charge in [-0.15, -0.1) is 0 Å². The number of nitriles is 1. The SMILES string of the molecule is CCCCCCCc1ccc(-c2ccc(C3CCC(CCCC)CC3)cc2C#N)c(OC)c1F. The fourth-order valence-corrected chi connectivity index (χ4v) is 5.54. The van der Waals surface area contributed by atoms with Crippen LogP contribution in [0.1, 0.15) is 114 Å². The molecule has 3 rings (SSSR count). The first-order chi connectivity index (χ1) is 16.6. The molecule has 1 saturated carbocycles. The molecule has 0 amide bonds. The molecule has 3 heteroatoms. The molecule has 0 saturated heterocycles. The van der Waals surface area contributed by atoms with Crippen LogP contribution in [0.25, 0.3) is 11.1 Å². The van der Waals surface area contributed by atoms with Crippen LogP contribution in [-0.4, -0.2) is 7.11 Å². The lowest BCUT2D eigenvalue weighted by atomic mass is 9.76. The molecule has 184 valence electrons. The quantitative estimate of drug-likeness (QED) is 0.294. The number of benzene rings is 2. The third-order valence-electron chi connectivity index (χ3n) is 7.67. The number of hydrogen-bond acceptors (Lipinski definition) is 2. The van der Waals surface area contributed by atoms with Crippen molar-refractivity contribution in [1.82, 2.24) is 0 Å². The van der Waals surface area contributed by atoms with E-state index in [1.807, 2.05) is 24.3 Å². The Morgan fingerprint density at radius 1 is 0.912 bits per heavy atom. The van der Waals surface area contributed by atoms with Gasteiger partial charge in [-0.25, -0.2) is 4.39 Å². The van der Waals surface area contributed by atoms with E-state index >= 15 is 4.39 Å². The largest absolute Gasteiger partial charge is 0.493 e. The predicted molar refractivity (Wildman–Crippen MR) is 140 cm³/mol. The Kier molecular flexibility index (Phi) is 10.4. The second-order valence-corrected chi connectivity index (χ2v) is 10.1. The van der Waals surface area contributed by atoms with Crippen molar-refractivity contribution in [3.05, 3.63) is 52.8 Å². The molecule has 0 atom stereocenters. The maximum atomic E-state index is 15.3. The zero-order valence-corrected chi connectivity index (χ0v) is 21.5. The summed E-state index contributed by atoms with van der Waals surface area (Å²) in [5.74, 6) is 1.36. The van der Waals surface area contributed by atoms with E-state index in [0.29, 0.717) is 22.6 Å². The molecule has 1 aliphatic rings. The van der Waals surface area contributed by atoms with Crippen LogP contribution in [0, 0.1) is 23.1 Å². The first-order valence-electron chi connectivity index (χ1n) is 13.5. The first kappa shape index (κ1) is 26.3. The molecule has 2 aromatic rings. The summed E-state index contributed by atoms with van der Waals surface area (Å²) in [6.45, 7) is 4.46. The second-order valence-electron chi connectivity index (χ2n) is 10.1. The van der Waals surface area contributed by atoms with E-state index < -0.39 is 0 Å². The smallest absolute Gasteiger partial charge is 0.168 e. The number of aryl methyl sites for hydroxylation is 1. The van der Waals surface area contributed by atoms with Crippen molar-refractivity contribution in [3.63, 3.8) is 0 Å². The van der Waals surface area contributed by atoms with E-state index in [4.69, 9.17) is 4.74 Å². The average Bonchev–Trinajstić information content (AvgIpc) is 2.88. The summed E-state index contributed by atoms with van der Waals surface area (Å²) in [5, 5.41) is 9.93. The van der Waals surface area contributed by atoms with E-state index in [2.05, 4.69) is 26.0 Å². The predicted octanol–water partition coefficient (Wildman–Crippen LogP) is 9.35. The number of hydrogen-bond donors (Lipinski definition) is 0. The molecule has 0 spiro atoms. The molecule has 2 nitrogen and oxygen atoms in total. The van der Waals surface area contributed by atoms with Crippen molar-refractivity contribution in [2.75, 3.05) is 7.11 Å². The van der Waals surface area contributed by atoms with Gasteiger partial charge in [0.15, 0.2) is 11.6 Å². The minimum Gasteiger partial charge on any atom is -0.493 e. The van der Waals surface area contributed by atoms with Crippen molar-refractivity contribution in [3.8, 4) is 22.9 Å². The van der Waals surface area contributed by atoms with Gasteiger partial charge in [-0.1, -0.05) is 83.1 Å². The summed E-state index contributed by atoms with van der Waals surface area (Å²) in [7, 11) is 1.52. The van der Waals surface area contributed by atoms with Crippen molar-refractivity contribution < 1.29 is 9.13 Å². The van der Waals surface area contributed by atoms with Gasteiger partial charge >= 0.3 is 0 Å². The highest BCUT2D eigenvalue weighted by molar-refractivity contribution is 5.77. The molecule has 0 unspecified atom stereocenters. The van der Waals surface area contributed by atoms with Gasteiger partial charge in [-0.2, -0.15) is 5.26 Å².